The molecule has 0 bridgehead atoms. The number of carboxylic acids is 1. The highest BCUT2D eigenvalue weighted by atomic mass is 16.4. The Kier molecular flexibility index (Phi) is 4.63. The molecule has 5 N–H and O–H groups in total. The molecule has 1 saturated heterocycles. The van der Waals surface area contributed by atoms with E-state index in [4.69, 9.17) is 15.3 Å². The summed E-state index contributed by atoms with van der Waals surface area (Å²) in [6, 6.07) is -1.46. The molecule has 1 aliphatic rings. The lowest BCUT2D eigenvalue weighted by atomic mass is 10.1. The number of aliphatic hydroxyl groups excluding tert-OH is 4. The molecule has 0 spiro atoms. The predicted octanol–water partition coefficient (Wildman–Crippen LogP) is -2.78. The molecule has 0 aromatic heterocycles. The summed E-state index contributed by atoms with van der Waals surface area (Å²) in [7, 11) is 0. The van der Waals surface area contributed by atoms with Crippen LogP contribution < -0.4 is 0 Å². The SMILES string of the molecule is O=C(O)CCN1C(CO)[C@@H](O)C(O)[C@H]1CO. The van der Waals surface area contributed by atoms with Crippen molar-refractivity contribution in [3.05, 3.63) is 0 Å². The molecule has 0 amide bonds. The second kappa shape index (κ2) is 5.55. The highest BCUT2D eigenvalue weighted by Crippen LogP contribution is 2.25. The fourth-order valence-electron chi connectivity index (χ4n) is 2.08. The Bertz CT molecular complexity index is 232. The van der Waals surface area contributed by atoms with Crippen LogP contribution in [-0.4, -0.2) is 80.5 Å². The number of hydrogen-bond acceptors (Lipinski definition) is 6. The molecule has 0 aromatic carbocycles. The number of carboxylic acid groups (broad SMARTS) is 1. The van der Waals surface area contributed by atoms with Crippen molar-refractivity contribution in [3.63, 3.8) is 0 Å². The van der Waals surface area contributed by atoms with Gasteiger partial charge in [-0.05, 0) is 0 Å². The molecular weight excluding hydrogens is 218 g/mol. The van der Waals surface area contributed by atoms with Gasteiger partial charge in [-0.25, -0.2) is 0 Å². The van der Waals surface area contributed by atoms with Crippen molar-refractivity contribution in [1.82, 2.24) is 4.90 Å². The first-order valence-electron chi connectivity index (χ1n) is 5.08. The first kappa shape index (κ1) is 13.3. The first-order valence-corrected chi connectivity index (χ1v) is 5.08. The Morgan fingerprint density at radius 1 is 1.06 bits per heavy atom. The minimum atomic E-state index is -1.17. The number of rotatable bonds is 5. The van der Waals surface area contributed by atoms with E-state index in [9.17, 15) is 15.0 Å². The minimum absolute atomic E-state index is 0.0694. The lowest BCUT2D eigenvalue weighted by Crippen LogP contribution is -2.44. The van der Waals surface area contributed by atoms with Crippen molar-refractivity contribution < 1.29 is 30.3 Å². The maximum absolute atomic E-state index is 10.4. The zero-order valence-electron chi connectivity index (χ0n) is 8.73. The number of nitrogens with zero attached hydrogens (tertiary/aromatic N) is 1. The van der Waals surface area contributed by atoms with Crippen LogP contribution in [0.1, 0.15) is 6.42 Å². The van der Waals surface area contributed by atoms with Gasteiger partial charge in [0, 0.05) is 6.54 Å². The Labute approximate surface area is 92.5 Å². The Morgan fingerprint density at radius 3 is 1.81 bits per heavy atom. The van der Waals surface area contributed by atoms with Gasteiger partial charge < -0.3 is 25.5 Å². The van der Waals surface area contributed by atoms with Crippen molar-refractivity contribution in [3.8, 4) is 0 Å². The van der Waals surface area contributed by atoms with Gasteiger partial charge in [-0.3, -0.25) is 9.69 Å². The van der Waals surface area contributed by atoms with E-state index >= 15 is 0 Å². The number of aliphatic carboxylic acids is 1. The second-order valence-electron chi connectivity index (χ2n) is 3.86. The van der Waals surface area contributed by atoms with Crippen molar-refractivity contribution >= 4 is 5.97 Å². The highest BCUT2D eigenvalue weighted by Gasteiger charge is 2.46. The van der Waals surface area contributed by atoms with Crippen LogP contribution in [0.5, 0.6) is 0 Å². The zero-order chi connectivity index (χ0) is 12.3. The third kappa shape index (κ3) is 2.50. The molecule has 0 aromatic rings. The molecule has 1 heterocycles. The molecule has 7 nitrogen and oxygen atoms in total. The lowest BCUT2D eigenvalue weighted by molar-refractivity contribution is -0.137. The molecule has 0 radical (unpaired) electrons. The number of likely N-dealkylation sites (tertiary alicyclic amines) is 1. The number of hydrogen-bond donors (Lipinski definition) is 5. The minimum Gasteiger partial charge on any atom is -0.481 e. The molecule has 1 rings (SSSR count). The monoisotopic (exact) mass is 235 g/mol. The Hall–Kier alpha value is -0.730. The molecular formula is C9H17NO6. The van der Waals surface area contributed by atoms with Crippen molar-refractivity contribution in [2.45, 2.75) is 30.7 Å². The van der Waals surface area contributed by atoms with Crippen LogP contribution in [0.15, 0.2) is 0 Å². The smallest absolute Gasteiger partial charge is 0.304 e. The van der Waals surface area contributed by atoms with E-state index in [1.807, 2.05) is 0 Å². The van der Waals surface area contributed by atoms with Crippen molar-refractivity contribution in [1.29, 1.82) is 0 Å². The van der Waals surface area contributed by atoms with Gasteiger partial charge in [0.25, 0.3) is 0 Å². The van der Waals surface area contributed by atoms with Gasteiger partial charge in [-0.1, -0.05) is 0 Å². The molecule has 94 valence electrons. The molecule has 4 atom stereocenters. The summed E-state index contributed by atoms with van der Waals surface area (Å²) < 4.78 is 0. The highest BCUT2D eigenvalue weighted by molar-refractivity contribution is 5.66. The maximum Gasteiger partial charge on any atom is 0.304 e. The number of aliphatic hydroxyl groups is 4. The normalized spacial score (nSPS) is 35.5. The van der Waals surface area contributed by atoms with Gasteiger partial charge in [0.2, 0.25) is 0 Å². The van der Waals surface area contributed by atoms with E-state index in [0.29, 0.717) is 0 Å². The third-order valence-corrected chi connectivity index (χ3v) is 2.95. The Balaban J connectivity index is 2.71. The maximum atomic E-state index is 10.4. The van der Waals surface area contributed by atoms with Gasteiger partial charge in [-0.15, -0.1) is 0 Å². The molecule has 0 saturated carbocycles. The molecule has 7 heteroatoms. The largest absolute Gasteiger partial charge is 0.481 e. The van der Waals surface area contributed by atoms with Crippen LogP contribution in [0, 0.1) is 0 Å². The summed E-state index contributed by atoms with van der Waals surface area (Å²) in [5.74, 6) is -1.01. The molecule has 2 unspecified atom stereocenters. The first-order chi connectivity index (χ1) is 7.52. The van der Waals surface area contributed by atoms with Crippen LogP contribution in [0.2, 0.25) is 0 Å². The molecule has 0 aliphatic carbocycles. The molecule has 16 heavy (non-hydrogen) atoms. The zero-order valence-corrected chi connectivity index (χ0v) is 8.73. The van der Waals surface area contributed by atoms with E-state index in [1.165, 1.54) is 4.90 Å². The van der Waals surface area contributed by atoms with E-state index in [1.54, 1.807) is 0 Å². The topological polar surface area (TPSA) is 121 Å². The molecule has 1 aliphatic heterocycles. The van der Waals surface area contributed by atoms with Crippen molar-refractivity contribution in [2.75, 3.05) is 19.8 Å². The van der Waals surface area contributed by atoms with Crippen LogP contribution in [0.4, 0.5) is 0 Å². The van der Waals surface area contributed by atoms with Gasteiger partial charge in [0.1, 0.15) is 0 Å². The quantitative estimate of drug-likeness (QED) is 0.349. The summed E-state index contributed by atoms with van der Waals surface area (Å²) in [5.41, 5.74) is 0. The van der Waals surface area contributed by atoms with Gasteiger partial charge in [0.15, 0.2) is 0 Å². The van der Waals surface area contributed by atoms with Gasteiger partial charge >= 0.3 is 5.97 Å². The standard InChI is InChI=1S/C9H17NO6/c11-3-5-8(15)9(16)6(4-12)10(5)2-1-7(13)14/h5-6,8-9,11-12,15-16H,1-4H2,(H,13,14)/t5-,6?,8?,9-/m1/s1. The number of carbonyl (C=O) groups is 1. The second-order valence-corrected chi connectivity index (χ2v) is 3.86. The van der Waals surface area contributed by atoms with E-state index in [0.717, 1.165) is 0 Å². The van der Waals surface area contributed by atoms with Crippen molar-refractivity contribution in [2.24, 2.45) is 0 Å². The summed E-state index contributed by atoms with van der Waals surface area (Å²) in [5, 5.41) is 45.8. The van der Waals surface area contributed by atoms with Gasteiger partial charge in [-0.2, -0.15) is 0 Å². The van der Waals surface area contributed by atoms with E-state index in [2.05, 4.69) is 0 Å². The fraction of sp³-hybridized carbons (Fsp3) is 0.889. The van der Waals surface area contributed by atoms with Crippen LogP contribution >= 0.6 is 0 Å². The lowest BCUT2D eigenvalue weighted by Gasteiger charge is -2.27. The van der Waals surface area contributed by atoms with Crippen LogP contribution in [-0.2, 0) is 4.79 Å². The summed E-state index contributed by atoms with van der Waals surface area (Å²) in [4.78, 5) is 11.9. The molecule has 1 fully saturated rings. The summed E-state index contributed by atoms with van der Waals surface area (Å²) in [6.45, 7) is -0.720. The predicted molar refractivity (Wildman–Crippen MR) is 52.7 cm³/mol. The Morgan fingerprint density at radius 2 is 1.50 bits per heavy atom. The van der Waals surface area contributed by atoms with Crippen LogP contribution in [0.25, 0.3) is 0 Å². The van der Waals surface area contributed by atoms with Crippen LogP contribution in [0.3, 0.4) is 0 Å². The third-order valence-electron chi connectivity index (χ3n) is 2.95. The average Bonchev–Trinajstić information content (AvgIpc) is 2.48. The fourth-order valence-corrected chi connectivity index (χ4v) is 2.08. The summed E-state index contributed by atoms with van der Waals surface area (Å²) >= 11 is 0. The average molecular weight is 235 g/mol. The van der Waals surface area contributed by atoms with E-state index in [-0.39, 0.29) is 13.0 Å². The van der Waals surface area contributed by atoms with E-state index < -0.39 is 43.5 Å². The summed E-state index contributed by atoms with van der Waals surface area (Å²) in [6.07, 6.45) is -2.52. The van der Waals surface area contributed by atoms with Gasteiger partial charge in [0.05, 0.1) is 43.9 Å².